The Hall–Kier alpha value is -0.980. The summed E-state index contributed by atoms with van der Waals surface area (Å²) in [7, 11) is 1.23. The minimum absolute atomic E-state index is 0.181. The van der Waals surface area contributed by atoms with Gasteiger partial charge in [-0.15, -0.1) is 13.2 Å². The summed E-state index contributed by atoms with van der Waals surface area (Å²) in [6.45, 7) is 1.52. The minimum atomic E-state index is -4.76. The smallest absolute Gasteiger partial charge is 0.478 e. The van der Waals surface area contributed by atoms with E-state index < -0.39 is 12.1 Å². The summed E-state index contributed by atoms with van der Waals surface area (Å²) >= 11 is 3.15. The molecule has 0 N–H and O–H groups in total. The first-order valence-electron chi connectivity index (χ1n) is 4.23. The second kappa shape index (κ2) is 4.90. The molecule has 1 heterocycles. The van der Waals surface area contributed by atoms with Gasteiger partial charge in [-0.3, -0.25) is 0 Å². The van der Waals surface area contributed by atoms with Crippen molar-refractivity contribution < 1.29 is 22.6 Å². The van der Waals surface area contributed by atoms with Crippen LogP contribution >= 0.6 is 15.9 Å². The van der Waals surface area contributed by atoms with E-state index in [2.05, 4.69) is 25.7 Å². The van der Waals surface area contributed by atoms with Crippen LogP contribution in [-0.4, -0.2) is 18.5 Å². The van der Waals surface area contributed by atoms with Gasteiger partial charge in [0.1, 0.15) is 0 Å². The molecule has 0 atom stereocenters. The second-order valence-electron chi connectivity index (χ2n) is 2.93. The molecular formula is C9H9BrF3NO2. The lowest BCUT2D eigenvalue weighted by atomic mass is 10.1. The predicted molar refractivity (Wildman–Crippen MR) is 54.8 cm³/mol. The van der Waals surface area contributed by atoms with Crippen LogP contribution in [0.4, 0.5) is 13.2 Å². The van der Waals surface area contributed by atoms with Crippen molar-refractivity contribution in [2.75, 3.05) is 7.11 Å². The Morgan fingerprint density at radius 2 is 2.06 bits per heavy atom. The van der Waals surface area contributed by atoms with Gasteiger partial charge >= 0.3 is 6.36 Å². The summed E-state index contributed by atoms with van der Waals surface area (Å²) < 4.78 is 45.1. The molecule has 0 fully saturated rings. The highest BCUT2D eigenvalue weighted by Crippen LogP contribution is 2.35. The van der Waals surface area contributed by atoms with E-state index in [-0.39, 0.29) is 5.88 Å². The Bertz CT molecular complexity index is 382. The molecule has 0 aliphatic carbocycles. The lowest BCUT2D eigenvalue weighted by molar-refractivity contribution is -0.275. The highest BCUT2D eigenvalue weighted by molar-refractivity contribution is 9.08. The van der Waals surface area contributed by atoms with Crippen LogP contribution in [-0.2, 0) is 5.33 Å². The third kappa shape index (κ3) is 3.01. The van der Waals surface area contributed by atoms with Crippen LogP contribution in [0.1, 0.15) is 11.1 Å². The minimum Gasteiger partial charge on any atom is -0.478 e. The molecule has 1 aromatic heterocycles. The van der Waals surface area contributed by atoms with Gasteiger partial charge in [0.15, 0.2) is 5.75 Å². The zero-order valence-corrected chi connectivity index (χ0v) is 10.1. The lowest BCUT2D eigenvalue weighted by Gasteiger charge is -2.15. The molecule has 0 saturated heterocycles. The van der Waals surface area contributed by atoms with E-state index >= 15 is 0 Å². The fourth-order valence-corrected chi connectivity index (χ4v) is 1.68. The molecule has 0 amide bonds. The first-order chi connectivity index (χ1) is 7.39. The maximum absolute atomic E-state index is 12.2. The third-order valence-electron chi connectivity index (χ3n) is 1.91. The van der Waals surface area contributed by atoms with Gasteiger partial charge in [0.05, 0.1) is 7.11 Å². The van der Waals surface area contributed by atoms with E-state index in [1.54, 1.807) is 0 Å². The van der Waals surface area contributed by atoms with Crippen LogP contribution in [0, 0.1) is 6.92 Å². The zero-order valence-electron chi connectivity index (χ0n) is 8.56. The first kappa shape index (κ1) is 13.1. The number of hydrogen-bond donors (Lipinski definition) is 0. The number of pyridine rings is 1. The van der Waals surface area contributed by atoms with Crippen molar-refractivity contribution in [1.29, 1.82) is 0 Å². The van der Waals surface area contributed by atoms with Crippen molar-refractivity contribution in [3.8, 4) is 11.6 Å². The van der Waals surface area contributed by atoms with E-state index in [4.69, 9.17) is 4.74 Å². The Labute approximate surface area is 98.7 Å². The van der Waals surface area contributed by atoms with Crippen molar-refractivity contribution in [1.82, 2.24) is 4.98 Å². The maximum atomic E-state index is 12.2. The fourth-order valence-electron chi connectivity index (χ4n) is 1.11. The number of ether oxygens (including phenoxy) is 2. The number of alkyl halides is 4. The van der Waals surface area contributed by atoms with Gasteiger partial charge in [-0.25, -0.2) is 4.98 Å². The summed E-state index contributed by atoms with van der Waals surface area (Å²) in [5, 5.41) is 0.393. The number of nitrogens with zero attached hydrogens (tertiary/aromatic N) is 1. The lowest BCUT2D eigenvalue weighted by Crippen LogP contribution is -2.19. The standard InChI is InChI=1S/C9H9BrF3NO2/c1-5-6(3-10)4-14-8(15-2)7(5)16-9(11,12)13/h4H,3H2,1-2H3. The molecule has 0 bridgehead atoms. The van der Waals surface area contributed by atoms with Crippen molar-refractivity contribution in [3.63, 3.8) is 0 Å². The summed E-state index contributed by atoms with van der Waals surface area (Å²) in [6.07, 6.45) is -3.32. The Kier molecular flexibility index (Phi) is 4.01. The van der Waals surface area contributed by atoms with Crippen molar-refractivity contribution in [2.24, 2.45) is 0 Å². The Morgan fingerprint density at radius 3 is 2.50 bits per heavy atom. The van der Waals surface area contributed by atoms with Crippen molar-refractivity contribution >= 4 is 15.9 Å². The van der Waals surface area contributed by atoms with Crippen molar-refractivity contribution in [2.45, 2.75) is 18.6 Å². The molecule has 90 valence electrons. The van der Waals surface area contributed by atoms with Gasteiger partial charge in [-0.2, -0.15) is 0 Å². The molecule has 7 heteroatoms. The molecule has 16 heavy (non-hydrogen) atoms. The number of methoxy groups -OCH3 is 1. The number of hydrogen-bond acceptors (Lipinski definition) is 3. The Morgan fingerprint density at radius 1 is 1.44 bits per heavy atom. The molecule has 0 saturated carbocycles. The van der Waals surface area contributed by atoms with Gasteiger partial charge in [0.25, 0.3) is 5.88 Å². The quantitative estimate of drug-likeness (QED) is 0.803. The second-order valence-corrected chi connectivity index (χ2v) is 3.49. The summed E-state index contributed by atoms with van der Waals surface area (Å²) in [6, 6.07) is 0. The summed E-state index contributed by atoms with van der Waals surface area (Å²) in [5.74, 6) is -0.577. The predicted octanol–water partition coefficient (Wildman–Crippen LogP) is 3.19. The molecular weight excluding hydrogens is 291 g/mol. The van der Waals surface area contributed by atoms with Crippen LogP contribution in [0.2, 0.25) is 0 Å². The average Bonchev–Trinajstić information content (AvgIpc) is 2.19. The average molecular weight is 300 g/mol. The monoisotopic (exact) mass is 299 g/mol. The first-order valence-corrected chi connectivity index (χ1v) is 5.35. The molecule has 0 aromatic carbocycles. The third-order valence-corrected chi connectivity index (χ3v) is 2.51. The highest BCUT2D eigenvalue weighted by atomic mass is 79.9. The maximum Gasteiger partial charge on any atom is 0.573 e. The molecule has 0 aliphatic heterocycles. The van der Waals surface area contributed by atoms with E-state index in [0.717, 1.165) is 0 Å². The zero-order chi connectivity index (χ0) is 12.3. The van der Waals surface area contributed by atoms with Crippen LogP contribution in [0.3, 0.4) is 0 Å². The SMILES string of the molecule is COc1ncc(CBr)c(C)c1OC(F)(F)F. The summed E-state index contributed by atoms with van der Waals surface area (Å²) in [4.78, 5) is 3.74. The van der Waals surface area contributed by atoms with Crippen LogP contribution < -0.4 is 9.47 Å². The van der Waals surface area contributed by atoms with E-state index in [0.29, 0.717) is 16.5 Å². The number of rotatable bonds is 3. The molecule has 0 radical (unpaired) electrons. The van der Waals surface area contributed by atoms with Gasteiger partial charge in [-0.05, 0) is 12.5 Å². The highest BCUT2D eigenvalue weighted by Gasteiger charge is 2.34. The molecule has 0 spiro atoms. The summed E-state index contributed by atoms with van der Waals surface area (Å²) in [5.41, 5.74) is 0.959. The van der Waals surface area contributed by atoms with Gasteiger partial charge in [0.2, 0.25) is 0 Å². The number of halogens is 4. The topological polar surface area (TPSA) is 31.4 Å². The molecule has 3 nitrogen and oxygen atoms in total. The van der Waals surface area contributed by atoms with Crippen LogP contribution in [0.15, 0.2) is 6.20 Å². The van der Waals surface area contributed by atoms with Gasteiger partial charge in [-0.1, -0.05) is 15.9 Å². The molecule has 0 unspecified atom stereocenters. The largest absolute Gasteiger partial charge is 0.573 e. The van der Waals surface area contributed by atoms with E-state index in [1.807, 2.05) is 0 Å². The Balaban J connectivity index is 3.21. The fraction of sp³-hybridized carbons (Fsp3) is 0.444. The van der Waals surface area contributed by atoms with E-state index in [9.17, 15) is 13.2 Å². The normalized spacial score (nSPS) is 11.4. The van der Waals surface area contributed by atoms with Gasteiger partial charge < -0.3 is 9.47 Å². The number of aromatic nitrogens is 1. The molecule has 1 rings (SSSR count). The molecule has 0 aliphatic rings. The van der Waals surface area contributed by atoms with Gasteiger partial charge in [0, 0.05) is 17.1 Å². The van der Waals surface area contributed by atoms with Crippen molar-refractivity contribution in [3.05, 3.63) is 17.3 Å². The van der Waals surface area contributed by atoms with Crippen LogP contribution in [0.25, 0.3) is 0 Å². The molecule has 1 aromatic rings. The van der Waals surface area contributed by atoms with E-state index in [1.165, 1.54) is 20.2 Å². The van der Waals surface area contributed by atoms with Crippen LogP contribution in [0.5, 0.6) is 11.6 Å².